The van der Waals surface area contributed by atoms with Crippen LogP contribution >= 0.6 is 11.6 Å². The van der Waals surface area contributed by atoms with Crippen molar-refractivity contribution in [2.75, 3.05) is 19.6 Å². The van der Waals surface area contributed by atoms with Crippen LogP contribution in [-0.2, 0) is 6.54 Å². The van der Waals surface area contributed by atoms with Crippen molar-refractivity contribution in [1.82, 2.24) is 10.2 Å². The summed E-state index contributed by atoms with van der Waals surface area (Å²) in [5.74, 6) is -0.341. The standard InChI is InChI=1S/C14H20ClFN2/c1-2-17-12-5-7-18(8-6-12)10-11-3-4-14(16)13(15)9-11/h3-4,9,12,17H,2,5-8,10H2,1H3. The molecule has 0 atom stereocenters. The van der Waals surface area contributed by atoms with Gasteiger partial charge in [0.05, 0.1) is 5.02 Å². The zero-order valence-electron chi connectivity index (χ0n) is 10.8. The Morgan fingerprint density at radius 2 is 2.11 bits per heavy atom. The first-order chi connectivity index (χ1) is 8.69. The monoisotopic (exact) mass is 270 g/mol. The normalized spacial score (nSPS) is 18.2. The first kappa shape index (κ1) is 13.8. The molecule has 0 amide bonds. The largest absolute Gasteiger partial charge is 0.314 e. The van der Waals surface area contributed by atoms with E-state index in [0.717, 1.165) is 31.7 Å². The number of benzene rings is 1. The number of hydrogen-bond donors (Lipinski definition) is 1. The Balaban J connectivity index is 1.85. The Hall–Kier alpha value is -0.640. The van der Waals surface area contributed by atoms with Gasteiger partial charge >= 0.3 is 0 Å². The fourth-order valence-corrected chi connectivity index (χ4v) is 2.68. The summed E-state index contributed by atoms with van der Waals surface area (Å²) < 4.78 is 13.1. The van der Waals surface area contributed by atoms with E-state index < -0.39 is 0 Å². The average Bonchev–Trinajstić information content (AvgIpc) is 2.37. The van der Waals surface area contributed by atoms with E-state index in [1.807, 2.05) is 6.07 Å². The Labute approximate surface area is 113 Å². The predicted octanol–water partition coefficient (Wildman–Crippen LogP) is 3.05. The van der Waals surface area contributed by atoms with Crippen molar-refractivity contribution in [3.05, 3.63) is 34.6 Å². The zero-order chi connectivity index (χ0) is 13.0. The Kier molecular flexibility index (Phi) is 4.98. The highest BCUT2D eigenvalue weighted by molar-refractivity contribution is 6.30. The third kappa shape index (κ3) is 3.67. The molecule has 1 aromatic carbocycles. The number of halogens is 2. The number of nitrogens with one attached hydrogen (secondary N) is 1. The first-order valence-corrected chi connectivity index (χ1v) is 6.96. The molecule has 1 heterocycles. The van der Waals surface area contributed by atoms with Gasteiger partial charge in [-0.1, -0.05) is 24.6 Å². The van der Waals surface area contributed by atoms with Crippen LogP contribution in [0.15, 0.2) is 18.2 Å². The highest BCUT2D eigenvalue weighted by Crippen LogP contribution is 2.19. The van der Waals surface area contributed by atoms with E-state index in [4.69, 9.17) is 11.6 Å². The third-order valence-corrected chi connectivity index (χ3v) is 3.76. The summed E-state index contributed by atoms with van der Waals surface area (Å²) >= 11 is 5.79. The number of hydrogen-bond acceptors (Lipinski definition) is 2. The van der Waals surface area contributed by atoms with Gasteiger partial charge in [-0.2, -0.15) is 0 Å². The van der Waals surface area contributed by atoms with E-state index in [1.165, 1.54) is 18.9 Å². The summed E-state index contributed by atoms with van der Waals surface area (Å²) in [5.41, 5.74) is 1.09. The molecule has 1 saturated heterocycles. The van der Waals surface area contributed by atoms with Gasteiger partial charge in [0.2, 0.25) is 0 Å². The molecule has 1 aromatic rings. The lowest BCUT2D eigenvalue weighted by atomic mass is 10.0. The van der Waals surface area contributed by atoms with Crippen LogP contribution in [0.2, 0.25) is 5.02 Å². The number of rotatable bonds is 4. The second kappa shape index (κ2) is 6.50. The maximum atomic E-state index is 13.1. The Morgan fingerprint density at radius 1 is 1.39 bits per heavy atom. The molecule has 0 spiro atoms. The fourth-order valence-electron chi connectivity index (χ4n) is 2.48. The van der Waals surface area contributed by atoms with Crippen LogP contribution in [0.25, 0.3) is 0 Å². The van der Waals surface area contributed by atoms with Crippen molar-refractivity contribution in [2.24, 2.45) is 0 Å². The number of likely N-dealkylation sites (tertiary alicyclic amines) is 1. The van der Waals surface area contributed by atoms with Crippen LogP contribution in [0.3, 0.4) is 0 Å². The number of piperidine rings is 1. The van der Waals surface area contributed by atoms with E-state index in [9.17, 15) is 4.39 Å². The van der Waals surface area contributed by atoms with Crippen LogP contribution in [0, 0.1) is 5.82 Å². The molecule has 0 unspecified atom stereocenters. The molecule has 0 aromatic heterocycles. The van der Waals surface area contributed by atoms with Crippen molar-refractivity contribution in [3.8, 4) is 0 Å². The van der Waals surface area contributed by atoms with Crippen molar-refractivity contribution < 1.29 is 4.39 Å². The molecule has 100 valence electrons. The van der Waals surface area contributed by atoms with E-state index >= 15 is 0 Å². The number of nitrogens with zero attached hydrogens (tertiary/aromatic N) is 1. The second-order valence-electron chi connectivity index (χ2n) is 4.86. The van der Waals surface area contributed by atoms with Gasteiger partial charge in [-0.05, 0) is 50.2 Å². The average molecular weight is 271 g/mol. The summed E-state index contributed by atoms with van der Waals surface area (Å²) in [6.07, 6.45) is 2.37. The molecule has 0 radical (unpaired) electrons. The van der Waals surface area contributed by atoms with Crippen LogP contribution in [0.5, 0.6) is 0 Å². The highest BCUT2D eigenvalue weighted by Gasteiger charge is 2.18. The minimum absolute atomic E-state index is 0.218. The van der Waals surface area contributed by atoms with E-state index in [2.05, 4.69) is 17.1 Å². The summed E-state index contributed by atoms with van der Waals surface area (Å²) in [5, 5.41) is 3.71. The van der Waals surface area contributed by atoms with Crippen molar-refractivity contribution in [2.45, 2.75) is 32.4 Å². The lowest BCUT2D eigenvalue weighted by Gasteiger charge is -2.32. The maximum Gasteiger partial charge on any atom is 0.141 e. The summed E-state index contributed by atoms with van der Waals surface area (Å²) in [7, 11) is 0. The molecular weight excluding hydrogens is 251 g/mol. The molecule has 4 heteroatoms. The van der Waals surface area contributed by atoms with Gasteiger partial charge in [0.15, 0.2) is 0 Å². The second-order valence-corrected chi connectivity index (χ2v) is 5.26. The van der Waals surface area contributed by atoms with Crippen LogP contribution in [0.4, 0.5) is 4.39 Å². The van der Waals surface area contributed by atoms with Crippen molar-refractivity contribution in [3.63, 3.8) is 0 Å². The summed E-state index contributed by atoms with van der Waals surface area (Å²) in [6, 6.07) is 5.65. The van der Waals surface area contributed by atoms with Gasteiger partial charge in [0.25, 0.3) is 0 Å². The van der Waals surface area contributed by atoms with Crippen LogP contribution in [-0.4, -0.2) is 30.6 Å². The topological polar surface area (TPSA) is 15.3 Å². The molecule has 0 saturated carbocycles. The molecular formula is C14H20ClFN2. The lowest BCUT2D eigenvalue weighted by Crippen LogP contribution is -2.42. The lowest BCUT2D eigenvalue weighted by molar-refractivity contribution is 0.192. The molecule has 0 aliphatic carbocycles. The van der Waals surface area contributed by atoms with Gasteiger partial charge in [0, 0.05) is 12.6 Å². The SMILES string of the molecule is CCNC1CCN(Cc2ccc(F)c(Cl)c2)CC1. The highest BCUT2D eigenvalue weighted by atomic mass is 35.5. The molecule has 1 aliphatic rings. The minimum Gasteiger partial charge on any atom is -0.314 e. The molecule has 0 bridgehead atoms. The van der Waals surface area contributed by atoms with Gasteiger partial charge in [-0.3, -0.25) is 4.90 Å². The summed E-state index contributed by atoms with van der Waals surface area (Å²) in [6.45, 7) is 6.23. The minimum atomic E-state index is -0.341. The van der Waals surface area contributed by atoms with Crippen molar-refractivity contribution >= 4 is 11.6 Å². The van der Waals surface area contributed by atoms with Crippen molar-refractivity contribution in [1.29, 1.82) is 0 Å². The molecule has 1 N–H and O–H groups in total. The van der Waals surface area contributed by atoms with Crippen LogP contribution in [0.1, 0.15) is 25.3 Å². The molecule has 2 rings (SSSR count). The third-order valence-electron chi connectivity index (χ3n) is 3.47. The van der Waals surface area contributed by atoms with Gasteiger partial charge in [0.1, 0.15) is 5.82 Å². The van der Waals surface area contributed by atoms with Gasteiger partial charge in [-0.15, -0.1) is 0 Å². The van der Waals surface area contributed by atoms with Crippen LogP contribution < -0.4 is 5.32 Å². The molecule has 2 nitrogen and oxygen atoms in total. The quantitative estimate of drug-likeness (QED) is 0.905. The van der Waals surface area contributed by atoms with Gasteiger partial charge < -0.3 is 5.32 Å². The van der Waals surface area contributed by atoms with E-state index in [-0.39, 0.29) is 10.8 Å². The molecule has 1 fully saturated rings. The van der Waals surface area contributed by atoms with E-state index in [1.54, 1.807) is 6.07 Å². The van der Waals surface area contributed by atoms with Gasteiger partial charge in [-0.25, -0.2) is 4.39 Å². The Bertz CT molecular complexity index is 389. The zero-order valence-corrected chi connectivity index (χ0v) is 11.5. The summed E-state index contributed by atoms with van der Waals surface area (Å²) in [4.78, 5) is 2.40. The predicted molar refractivity (Wildman–Crippen MR) is 73.4 cm³/mol. The maximum absolute atomic E-state index is 13.1. The molecule has 18 heavy (non-hydrogen) atoms. The van der Waals surface area contributed by atoms with E-state index in [0.29, 0.717) is 6.04 Å². The fraction of sp³-hybridized carbons (Fsp3) is 0.571. The smallest absolute Gasteiger partial charge is 0.141 e. The first-order valence-electron chi connectivity index (χ1n) is 6.58. The molecule has 1 aliphatic heterocycles. The Morgan fingerprint density at radius 3 is 2.72 bits per heavy atom.